The van der Waals surface area contributed by atoms with Gasteiger partial charge in [0.15, 0.2) is 6.61 Å². The van der Waals surface area contributed by atoms with E-state index in [1.165, 1.54) is 11.1 Å². The van der Waals surface area contributed by atoms with Gasteiger partial charge in [0.2, 0.25) is 0 Å². The average molecular weight is 489 g/mol. The second-order valence-corrected chi connectivity index (χ2v) is 11.9. The van der Waals surface area contributed by atoms with Gasteiger partial charge < -0.3 is 15.3 Å². The number of oxime groups is 1. The highest BCUT2D eigenvalue weighted by atomic mass is 16.6. The molecule has 1 aromatic rings. The normalized spacial score (nSPS) is 38.2. The number of amides is 1. The van der Waals surface area contributed by atoms with Crippen molar-refractivity contribution in [2.24, 2.45) is 33.7 Å². The van der Waals surface area contributed by atoms with Crippen LogP contribution in [-0.2, 0) is 16.1 Å². The Hall–Kier alpha value is -2.58. The van der Waals surface area contributed by atoms with E-state index < -0.39 is 5.60 Å². The van der Waals surface area contributed by atoms with E-state index in [-0.39, 0.29) is 23.3 Å². The third kappa shape index (κ3) is 4.28. The van der Waals surface area contributed by atoms with Crippen molar-refractivity contribution < 1.29 is 14.7 Å². The molecule has 0 spiro atoms. The van der Waals surface area contributed by atoms with E-state index in [2.05, 4.69) is 48.4 Å². The van der Waals surface area contributed by atoms with E-state index in [9.17, 15) is 9.90 Å². The van der Waals surface area contributed by atoms with Gasteiger partial charge in [0.25, 0.3) is 5.91 Å². The van der Waals surface area contributed by atoms with Gasteiger partial charge >= 0.3 is 0 Å². The molecular weight excluding hydrogens is 448 g/mol. The highest BCUT2D eigenvalue weighted by Crippen LogP contribution is 2.67. The number of nitrogens with zero attached hydrogens (tertiary/aromatic N) is 1. The number of fused-ring (bicyclic) bond motifs is 5. The summed E-state index contributed by atoms with van der Waals surface area (Å²) in [5.74, 6) is 4.41. The summed E-state index contributed by atoms with van der Waals surface area (Å²) in [6, 6.07) is 10.1. The summed E-state index contributed by atoms with van der Waals surface area (Å²) in [6.45, 7) is 5.22. The molecule has 4 aliphatic rings. The van der Waals surface area contributed by atoms with Crippen molar-refractivity contribution in [1.82, 2.24) is 5.32 Å². The predicted octanol–water partition coefficient (Wildman–Crippen LogP) is 5.05. The van der Waals surface area contributed by atoms with Crippen LogP contribution >= 0.6 is 0 Å². The smallest absolute Gasteiger partial charge is 0.260 e. The second kappa shape index (κ2) is 9.71. The number of benzene rings is 1. The maximum atomic E-state index is 12.1. The standard InChI is InChI=1S/C31H40N2O3/c1-4-31(35)18-14-27-25-11-10-23-20-24(12-16-29(23,2)26(25)13-17-30(27,31)3)33-36-21-28(34)32-19-15-22-8-6-5-7-9-22/h1,5-9,20,25-27,35H,10-19,21H2,2-3H3,(H,32,34)/t25-,26+,27+,29-,30+,31+/m0/s1. The van der Waals surface area contributed by atoms with Crippen molar-refractivity contribution in [3.8, 4) is 12.3 Å². The molecule has 0 aliphatic heterocycles. The van der Waals surface area contributed by atoms with E-state index in [0.717, 1.165) is 63.5 Å². The Bertz CT molecular complexity index is 1090. The molecule has 3 fully saturated rings. The van der Waals surface area contributed by atoms with Crippen LogP contribution in [-0.4, -0.2) is 35.5 Å². The number of rotatable bonds is 6. The van der Waals surface area contributed by atoms with Crippen LogP contribution in [0.25, 0.3) is 0 Å². The van der Waals surface area contributed by atoms with Crippen molar-refractivity contribution in [3.05, 3.63) is 47.5 Å². The number of hydrogen-bond acceptors (Lipinski definition) is 4. The number of carbonyl (C=O) groups excluding carboxylic acids is 1. The van der Waals surface area contributed by atoms with Crippen LogP contribution in [0.1, 0.15) is 70.8 Å². The number of aliphatic hydroxyl groups is 1. The zero-order valence-electron chi connectivity index (χ0n) is 21.8. The molecule has 3 saturated carbocycles. The Morgan fingerprint density at radius 3 is 2.69 bits per heavy atom. The van der Waals surface area contributed by atoms with Crippen molar-refractivity contribution in [2.45, 2.75) is 77.2 Å². The van der Waals surface area contributed by atoms with Gasteiger partial charge in [0.1, 0.15) is 5.60 Å². The molecule has 192 valence electrons. The molecule has 0 heterocycles. The molecule has 6 atom stereocenters. The zero-order valence-corrected chi connectivity index (χ0v) is 21.8. The average Bonchev–Trinajstić information content (AvgIpc) is 3.16. The Balaban J connectivity index is 1.17. The topological polar surface area (TPSA) is 70.9 Å². The first kappa shape index (κ1) is 25.1. The Morgan fingerprint density at radius 1 is 1.14 bits per heavy atom. The molecule has 2 N–H and O–H groups in total. The van der Waals surface area contributed by atoms with Gasteiger partial charge in [-0.1, -0.05) is 60.8 Å². The van der Waals surface area contributed by atoms with Crippen LogP contribution in [0.2, 0.25) is 0 Å². The van der Waals surface area contributed by atoms with Gasteiger partial charge in [0.05, 0.1) is 5.71 Å². The quantitative estimate of drug-likeness (QED) is 0.435. The van der Waals surface area contributed by atoms with Crippen LogP contribution in [0.4, 0.5) is 0 Å². The molecule has 36 heavy (non-hydrogen) atoms. The lowest BCUT2D eigenvalue weighted by Gasteiger charge is -2.58. The minimum atomic E-state index is -0.947. The number of terminal acetylenes is 1. The molecule has 5 heteroatoms. The Labute approximate surface area is 215 Å². The fourth-order valence-corrected chi connectivity index (χ4v) is 8.11. The zero-order chi connectivity index (χ0) is 25.4. The largest absolute Gasteiger partial charge is 0.385 e. The Morgan fingerprint density at radius 2 is 1.92 bits per heavy atom. The predicted molar refractivity (Wildman–Crippen MR) is 142 cm³/mol. The fraction of sp³-hybridized carbons (Fsp3) is 0.613. The summed E-state index contributed by atoms with van der Waals surface area (Å²) in [5, 5.41) is 18.4. The first-order chi connectivity index (χ1) is 17.3. The number of nitrogens with one attached hydrogen (secondary N) is 1. The van der Waals surface area contributed by atoms with Gasteiger partial charge in [-0.15, -0.1) is 6.42 Å². The van der Waals surface area contributed by atoms with Crippen molar-refractivity contribution >= 4 is 11.6 Å². The summed E-state index contributed by atoms with van der Waals surface area (Å²) in [6.07, 6.45) is 16.9. The molecule has 5 nitrogen and oxygen atoms in total. The first-order valence-corrected chi connectivity index (χ1v) is 13.7. The lowest BCUT2D eigenvalue weighted by molar-refractivity contribution is -0.125. The minimum Gasteiger partial charge on any atom is -0.385 e. The molecule has 0 radical (unpaired) electrons. The monoisotopic (exact) mass is 488 g/mol. The summed E-state index contributed by atoms with van der Waals surface area (Å²) in [7, 11) is 0. The molecule has 0 saturated heterocycles. The van der Waals surface area contributed by atoms with Crippen LogP contribution in [0.3, 0.4) is 0 Å². The SMILES string of the molecule is C#C[C@@]1(O)CC[C@@H]2[C@H]3CCC4=CC(=NOCC(=O)NCCc5ccccc5)CC[C@]4(C)[C@@H]3CC[C@]21C. The highest BCUT2D eigenvalue weighted by Gasteiger charge is 2.63. The molecular formula is C31H40N2O3. The summed E-state index contributed by atoms with van der Waals surface area (Å²) in [5.41, 5.74) is 2.70. The summed E-state index contributed by atoms with van der Waals surface area (Å²) < 4.78 is 0. The molecule has 0 aromatic heterocycles. The van der Waals surface area contributed by atoms with E-state index in [1.807, 2.05) is 18.2 Å². The number of hydrogen-bond donors (Lipinski definition) is 2. The highest BCUT2D eigenvalue weighted by molar-refractivity contribution is 5.96. The lowest BCUT2D eigenvalue weighted by Crippen LogP contribution is -2.54. The maximum Gasteiger partial charge on any atom is 0.260 e. The summed E-state index contributed by atoms with van der Waals surface area (Å²) >= 11 is 0. The van der Waals surface area contributed by atoms with E-state index in [0.29, 0.717) is 24.3 Å². The van der Waals surface area contributed by atoms with Crippen molar-refractivity contribution in [1.29, 1.82) is 0 Å². The van der Waals surface area contributed by atoms with Gasteiger partial charge in [0, 0.05) is 12.0 Å². The van der Waals surface area contributed by atoms with Crippen molar-refractivity contribution in [2.75, 3.05) is 13.2 Å². The van der Waals surface area contributed by atoms with Gasteiger partial charge in [-0.25, -0.2) is 0 Å². The number of allylic oxidation sites excluding steroid dienone is 2. The van der Waals surface area contributed by atoms with Crippen LogP contribution in [0.5, 0.6) is 0 Å². The summed E-state index contributed by atoms with van der Waals surface area (Å²) in [4.78, 5) is 17.6. The number of carbonyl (C=O) groups is 1. The molecule has 0 unspecified atom stereocenters. The van der Waals surface area contributed by atoms with Crippen LogP contribution in [0.15, 0.2) is 47.1 Å². The minimum absolute atomic E-state index is 0.0538. The fourth-order valence-electron chi connectivity index (χ4n) is 8.11. The first-order valence-electron chi connectivity index (χ1n) is 13.7. The molecule has 1 amide bonds. The molecule has 4 aliphatic carbocycles. The molecule has 5 rings (SSSR count). The van der Waals surface area contributed by atoms with E-state index >= 15 is 0 Å². The molecule has 1 aromatic carbocycles. The van der Waals surface area contributed by atoms with E-state index in [4.69, 9.17) is 11.3 Å². The van der Waals surface area contributed by atoms with Gasteiger partial charge in [-0.3, -0.25) is 4.79 Å². The van der Waals surface area contributed by atoms with Crippen LogP contribution in [0, 0.1) is 40.9 Å². The maximum absolute atomic E-state index is 12.1. The molecule has 0 bridgehead atoms. The van der Waals surface area contributed by atoms with Gasteiger partial charge in [-0.05, 0) is 92.6 Å². The van der Waals surface area contributed by atoms with Crippen LogP contribution < -0.4 is 5.32 Å². The Kier molecular flexibility index (Phi) is 6.76. The third-order valence-corrected chi connectivity index (χ3v) is 10.3. The van der Waals surface area contributed by atoms with Gasteiger partial charge in [-0.2, -0.15) is 0 Å². The van der Waals surface area contributed by atoms with E-state index in [1.54, 1.807) is 0 Å². The second-order valence-electron chi connectivity index (χ2n) is 11.9. The van der Waals surface area contributed by atoms with Crippen molar-refractivity contribution in [3.63, 3.8) is 0 Å². The third-order valence-electron chi connectivity index (χ3n) is 10.3. The lowest BCUT2D eigenvalue weighted by atomic mass is 9.46.